The number of fused-ring (bicyclic) bond motifs is 1. The standard InChI is InChI=1S/C22H28N4O/c1-4-14-26-20(24-19-11-8-13-23-21(19)26)16-25(15-12-17(2)3)22(27)18-9-6-5-7-10-18/h5-11,13,17H,4,12,14-16H2,1-3H3. The van der Waals surface area contributed by atoms with E-state index in [2.05, 4.69) is 30.3 Å². The number of aromatic nitrogens is 3. The van der Waals surface area contributed by atoms with E-state index in [1.165, 1.54) is 0 Å². The van der Waals surface area contributed by atoms with E-state index in [-0.39, 0.29) is 5.91 Å². The normalized spacial score (nSPS) is 11.3. The molecule has 0 saturated carbocycles. The largest absolute Gasteiger partial charge is 0.331 e. The molecule has 2 aromatic heterocycles. The third-order valence-electron chi connectivity index (χ3n) is 4.65. The molecule has 0 N–H and O–H groups in total. The van der Waals surface area contributed by atoms with Gasteiger partial charge in [-0.1, -0.05) is 39.0 Å². The van der Waals surface area contributed by atoms with Gasteiger partial charge in [0.05, 0.1) is 6.54 Å². The first-order chi connectivity index (χ1) is 13.1. The van der Waals surface area contributed by atoms with Crippen LogP contribution in [0.15, 0.2) is 48.7 Å². The molecule has 2 heterocycles. The van der Waals surface area contributed by atoms with E-state index in [4.69, 9.17) is 4.98 Å². The first kappa shape index (κ1) is 19.1. The Kier molecular flexibility index (Phi) is 6.22. The number of hydrogen-bond acceptors (Lipinski definition) is 3. The Labute approximate surface area is 161 Å². The topological polar surface area (TPSA) is 51.0 Å². The SMILES string of the molecule is CCCn1c(CN(CCC(C)C)C(=O)c2ccccc2)nc2cccnc21. The van der Waals surface area contributed by atoms with Crippen molar-refractivity contribution >= 4 is 17.1 Å². The van der Waals surface area contributed by atoms with Crippen molar-refractivity contribution in [2.24, 2.45) is 5.92 Å². The third kappa shape index (κ3) is 4.54. The lowest BCUT2D eigenvalue weighted by atomic mass is 10.1. The summed E-state index contributed by atoms with van der Waals surface area (Å²) in [5.74, 6) is 1.49. The zero-order valence-corrected chi connectivity index (χ0v) is 16.4. The highest BCUT2D eigenvalue weighted by Gasteiger charge is 2.20. The molecule has 27 heavy (non-hydrogen) atoms. The lowest BCUT2D eigenvalue weighted by Gasteiger charge is -2.24. The monoisotopic (exact) mass is 364 g/mol. The second-order valence-corrected chi connectivity index (χ2v) is 7.30. The molecule has 1 aromatic carbocycles. The molecule has 3 rings (SSSR count). The third-order valence-corrected chi connectivity index (χ3v) is 4.65. The van der Waals surface area contributed by atoms with Crippen LogP contribution in [-0.2, 0) is 13.1 Å². The maximum absolute atomic E-state index is 13.1. The fourth-order valence-electron chi connectivity index (χ4n) is 3.19. The Morgan fingerprint density at radius 1 is 1.15 bits per heavy atom. The van der Waals surface area contributed by atoms with Crippen molar-refractivity contribution < 1.29 is 4.79 Å². The second kappa shape index (κ2) is 8.80. The zero-order chi connectivity index (χ0) is 19.2. The molecule has 0 atom stereocenters. The molecule has 0 spiro atoms. The highest BCUT2D eigenvalue weighted by Crippen LogP contribution is 2.18. The number of carbonyl (C=O) groups excluding carboxylic acids is 1. The van der Waals surface area contributed by atoms with E-state index in [9.17, 15) is 4.79 Å². The molecule has 0 bridgehead atoms. The average molecular weight is 364 g/mol. The Hall–Kier alpha value is -2.69. The van der Waals surface area contributed by atoms with Gasteiger partial charge in [0.15, 0.2) is 5.65 Å². The molecule has 5 heteroatoms. The first-order valence-electron chi connectivity index (χ1n) is 9.74. The smallest absolute Gasteiger partial charge is 0.254 e. The molecular weight excluding hydrogens is 336 g/mol. The zero-order valence-electron chi connectivity index (χ0n) is 16.4. The minimum Gasteiger partial charge on any atom is -0.331 e. The van der Waals surface area contributed by atoms with E-state index in [1.807, 2.05) is 47.4 Å². The summed E-state index contributed by atoms with van der Waals surface area (Å²) in [4.78, 5) is 24.3. The summed E-state index contributed by atoms with van der Waals surface area (Å²) in [7, 11) is 0. The maximum atomic E-state index is 13.1. The van der Waals surface area contributed by atoms with Crippen molar-refractivity contribution in [2.75, 3.05) is 6.54 Å². The van der Waals surface area contributed by atoms with Crippen LogP contribution in [0.3, 0.4) is 0 Å². The summed E-state index contributed by atoms with van der Waals surface area (Å²) in [6.07, 6.45) is 3.75. The summed E-state index contributed by atoms with van der Waals surface area (Å²) in [5.41, 5.74) is 2.50. The minimum atomic E-state index is 0.0549. The molecule has 0 aliphatic heterocycles. The number of imidazole rings is 1. The van der Waals surface area contributed by atoms with E-state index in [0.717, 1.165) is 41.9 Å². The molecule has 142 valence electrons. The van der Waals surface area contributed by atoms with Crippen LogP contribution < -0.4 is 0 Å². The minimum absolute atomic E-state index is 0.0549. The predicted octanol–water partition coefficient (Wildman–Crippen LogP) is 4.53. The number of rotatable bonds is 8. The molecule has 3 aromatic rings. The lowest BCUT2D eigenvalue weighted by Crippen LogP contribution is -2.33. The summed E-state index contributed by atoms with van der Waals surface area (Å²) < 4.78 is 2.15. The lowest BCUT2D eigenvalue weighted by molar-refractivity contribution is 0.0729. The van der Waals surface area contributed by atoms with Gasteiger partial charge < -0.3 is 9.47 Å². The molecule has 0 saturated heterocycles. The molecule has 0 radical (unpaired) electrons. The maximum Gasteiger partial charge on any atom is 0.254 e. The highest BCUT2D eigenvalue weighted by molar-refractivity contribution is 5.94. The van der Waals surface area contributed by atoms with Crippen LogP contribution in [0.25, 0.3) is 11.2 Å². The predicted molar refractivity (Wildman–Crippen MR) is 108 cm³/mol. The molecule has 0 aliphatic rings. The average Bonchev–Trinajstić information content (AvgIpc) is 3.03. The van der Waals surface area contributed by atoms with Crippen LogP contribution in [0.4, 0.5) is 0 Å². The fraction of sp³-hybridized carbons (Fsp3) is 0.409. The van der Waals surface area contributed by atoms with Gasteiger partial charge in [0.1, 0.15) is 11.3 Å². The second-order valence-electron chi connectivity index (χ2n) is 7.30. The number of amides is 1. The van der Waals surface area contributed by atoms with Gasteiger partial charge in [-0.25, -0.2) is 9.97 Å². The van der Waals surface area contributed by atoms with Gasteiger partial charge in [0, 0.05) is 24.8 Å². The quantitative estimate of drug-likeness (QED) is 0.590. The van der Waals surface area contributed by atoms with E-state index < -0.39 is 0 Å². The molecular formula is C22H28N4O. The van der Waals surface area contributed by atoms with Crippen molar-refractivity contribution in [1.82, 2.24) is 19.4 Å². The summed E-state index contributed by atoms with van der Waals surface area (Å²) in [6.45, 7) is 8.57. The van der Waals surface area contributed by atoms with Crippen LogP contribution >= 0.6 is 0 Å². The Morgan fingerprint density at radius 2 is 1.93 bits per heavy atom. The van der Waals surface area contributed by atoms with Crippen molar-refractivity contribution in [3.8, 4) is 0 Å². The number of nitrogens with zero attached hydrogens (tertiary/aromatic N) is 4. The van der Waals surface area contributed by atoms with Crippen molar-refractivity contribution in [2.45, 2.75) is 46.7 Å². The van der Waals surface area contributed by atoms with Crippen LogP contribution in [-0.4, -0.2) is 31.9 Å². The molecule has 0 aliphatic carbocycles. The molecule has 1 amide bonds. The van der Waals surface area contributed by atoms with Crippen LogP contribution in [0.5, 0.6) is 0 Å². The number of benzene rings is 1. The number of aryl methyl sites for hydroxylation is 1. The van der Waals surface area contributed by atoms with Crippen LogP contribution in [0.2, 0.25) is 0 Å². The van der Waals surface area contributed by atoms with Gasteiger partial charge in [-0.15, -0.1) is 0 Å². The van der Waals surface area contributed by atoms with Crippen molar-refractivity contribution in [1.29, 1.82) is 0 Å². The number of pyridine rings is 1. The van der Waals surface area contributed by atoms with E-state index >= 15 is 0 Å². The van der Waals surface area contributed by atoms with Gasteiger partial charge in [0.2, 0.25) is 0 Å². The van der Waals surface area contributed by atoms with Gasteiger partial charge in [-0.3, -0.25) is 4.79 Å². The van der Waals surface area contributed by atoms with Gasteiger partial charge in [-0.05, 0) is 43.0 Å². The van der Waals surface area contributed by atoms with Crippen LogP contribution in [0, 0.1) is 5.92 Å². The van der Waals surface area contributed by atoms with Gasteiger partial charge in [-0.2, -0.15) is 0 Å². The summed E-state index contributed by atoms with van der Waals surface area (Å²) in [6, 6.07) is 13.4. The fourth-order valence-corrected chi connectivity index (χ4v) is 3.19. The van der Waals surface area contributed by atoms with Crippen LogP contribution in [0.1, 0.15) is 49.8 Å². The summed E-state index contributed by atoms with van der Waals surface area (Å²) >= 11 is 0. The first-order valence-corrected chi connectivity index (χ1v) is 9.74. The number of carbonyl (C=O) groups is 1. The Balaban J connectivity index is 1.92. The Morgan fingerprint density at radius 3 is 2.63 bits per heavy atom. The van der Waals surface area contributed by atoms with E-state index in [1.54, 1.807) is 6.20 Å². The molecule has 5 nitrogen and oxygen atoms in total. The van der Waals surface area contributed by atoms with E-state index in [0.29, 0.717) is 19.0 Å². The summed E-state index contributed by atoms with van der Waals surface area (Å²) in [5, 5.41) is 0. The molecule has 0 unspecified atom stereocenters. The highest BCUT2D eigenvalue weighted by atomic mass is 16.2. The number of hydrogen-bond donors (Lipinski definition) is 0. The Bertz CT molecular complexity index is 886. The van der Waals surface area contributed by atoms with Gasteiger partial charge in [0.25, 0.3) is 5.91 Å². The van der Waals surface area contributed by atoms with Gasteiger partial charge >= 0.3 is 0 Å². The van der Waals surface area contributed by atoms with Crippen molar-refractivity contribution in [3.05, 3.63) is 60.0 Å². The van der Waals surface area contributed by atoms with Crippen molar-refractivity contribution in [3.63, 3.8) is 0 Å². The molecule has 0 fully saturated rings.